The van der Waals surface area contributed by atoms with Crippen molar-refractivity contribution in [3.63, 3.8) is 0 Å². The molecule has 1 saturated heterocycles. The molecule has 0 radical (unpaired) electrons. The van der Waals surface area contributed by atoms with Gasteiger partial charge in [-0.15, -0.1) is 0 Å². The Morgan fingerprint density at radius 2 is 1.94 bits per heavy atom. The highest BCUT2D eigenvalue weighted by atomic mass is 16.4. The monoisotopic (exact) mass is 229 g/mol. The van der Waals surface area contributed by atoms with Gasteiger partial charge in [0, 0.05) is 20.1 Å². The number of carboxylic acids is 1. The number of likely N-dealkylation sites (N-methyl/N-ethyl adjacent to an activating group) is 1. The molecule has 0 saturated carbocycles. The van der Waals surface area contributed by atoms with Gasteiger partial charge >= 0.3 is 5.97 Å². The average Bonchev–Trinajstić information content (AvgIpc) is 2.20. The standard InChI is InChI=1S/C9H15N3O4/c1-11-7(13)5-12(6-8(11)14)3-2-10-4-9(15)16/h10H,2-6H2,1H3,(H,15,16). The highest BCUT2D eigenvalue weighted by Gasteiger charge is 2.27. The number of rotatable bonds is 5. The molecule has 90 valence electrons. The van der Waals surface area contributed by atoms with Crippen LogP contribution in [0.15, 0.2) is 0 Å². The zero-order valence-electron chi connectivity index (χ0n) is 9.10. The molecular weight excluding hydrogens is 214 g/mol. The fourth-order valence-corrected chi connectivity index (χ4v) is 1.38. The van der Waals surface area contributed by atoms with Gasteiger partial charge in [0.25, 0.3) is 0 Å². The lowest BCUT2D eigenvalue weighted by Crippen LogP contribution is -2.53. The van der Waals surface area contributed by atoms with Crippen LogP contribution in [0.2, 0.25) is 0 Å². The van der Waals surface area contributed by atoms with Crippen LogP contribution in [-0.4, -0.2) is 72.5 Å². The van der Waals surface area contributed by atoms with Gasteiger partial charge in [-0.2, -0.15) is 0 Å². The first-order chi connectivity index (χ1) is 7.50. The van der Waals surface area contributed by atoms with E-state index in [4.69, 9.17) is 5.11 Å². The van der Waals surface area contributed by atoms with Crippen LogP contribution in [0.4, 0.5) is 0 Å². The first kappa shape index (κ1) is 12.6. The number of nitrogens with zero attached hydrogens (tertiary/aromatic N) is 2. The number of aliphatic carboxylic acids is 1. The molecule has 0 spiro atoms. The number of piperazine rings is 1. The maximum atomic E-state index is 11.3. The lowest BCUT2D eigenvalue weighted by atomic mass is 10.3. The van der Waals surface area contributed by atoms with Crippen molar-refractivity contribution >= 4 is 17.8 Å². The second-order valence-corrected chi connectivity index (χ2v) is 3.63. The predicted molar refractivity (Wildman–Crippen MR) is 54.7 cm³/mol. The van der Waals surface area contributed by atoms with Gasteiger partial charge in [-0.05, 0) is 0 Å². The molecule has 0 aromatic heterocycles. The SMILES string of the molecule is CN1C(=O)CN(CCNCC(=O)O)CC1=O. The number of amides is 2. The summed E-state index contributed by atoms with van der Waals surface area (Å²) in [5.41, 5.74) is 0. The summed E-state index contributed by atoms with van der Waals surface area (Å²) in [4.78, 5) is 35.6. The van der Waals surface area contributed by atoms with Gasteiger partial charge in [0.1, 0.15) is 0 Å². The zero-order chi connectivity index (χ0) is 12.1. The Kier molecular flexibility index (Phi) is 4.39. The van der Waals surface area contributed by atoms with E-state index >= 15 is 0 Å². The molecule has 0 aromatic carbocycles. The van der Waals surface area contributed by atoms with Crippen molar-refractivity contribution < 1.29 is 19.5 Å². The van der Waals surface area contributed by atoms with E-state index < -0.39 is 5.97 Å². The van der Waals surface area contributed by atoms with Crippen LogP contribution in [0.1, 0.15) is 0 Å². The van der Waals surface area contributed by atoms with Crippen LogP contribution in [0.5, 0.6) is 0 Å². The molecule has 0 aliphatic carbocycles. The molecule has 0 bridgehead atoms. The smallest absolute Gasteiger partial charge is 0.317 e. The van der Waals surface area contributed by atoms with Gasteiger partial charge in [0.15, 0.2) is 0 Å². The van der Waals surface area contributed by atoms with E-state index in [9.17, 15) is 14.4 Å². The molecule has 0 unspecified atom stereocenters. The van der Waals surface area contributed by atoms with Crippen molar-refractivity contribution in [1.29, 1.82) is 0 Å². The molecule has 0 atom stereocenters. The van der Waals surface area contributed by atoms with E-state index in [1.54, 1.807) is 4.90 Å². The van der Waals surface area contributed by atoms with E-state index in [0.717, 1.165) is 4.90 Å². The Morgan fingerprint density at radius 1 is 1.38 bits per heavy atom. The second-order valence-electron chi connectivity index (χ2n) is 3.63. The third kappa shape index (κ3) is 3.59. The van der Waals surface area contributed by atoms with Crippen molar-refractivity contribution in [2.24, 2.45) is 0 Å². The summed E-state index contributed by atoms with van der Waals surface area (Å²) >= 11 is 0. The minimum atomic E-state index is -0.925. The predicted octanol–water partition coefficient (Wildman–Crippen LogP) is -2.04. The summed E-state index contributed by atoms with van der Waals surface area (Å²) in [6.45, 7) is 1.22. The van der Waals surface area contributed by atoms with Gasteiger partial charge < -0.3 is 10.4 Å². The Balaban J connectivity index is 2.26. The van der Waals surface area contributed by atoms with Gasteiger partial charge in [-0.1, -0.05) is 0 Å². The summed E-state index contributed by atoms with van der Waals surface area (Å²) in [6, 6.07) is 0. The highest BCUT2D eigenvalue weighted by Crippen LogP contribution is 2.01. The van der Waals surface area contributed by atoms with E-state index in [2.05, 4.69) is 5.32 Å². The van der Waals surface area contributed by atoms with Gasteiger partial charge in [0.2, 0.25) is 11.8 Å². The molecule has 7 nitrogen and oxygen atoms in total. The van der Waals surface area contributed by atoms with Crippen molar-refractivity contribution in [3.8, 4) is 0 Å². The van der Waals surface area contributed by atoms with Crippen LogP contribution in [0, 0.1) is 0 Å². The molecule has 1 fully saturated rings. The number of imide groups is 1. The number of hydrogen-bond donors (Lipinski definition) is 2. The summed E-state index contributed by atoms with van der Waals surface area (Å²) < 4.78 is 0. The first-order valence-corrected chi connectivity index (χ1v) is 4.95. The molecule has 7 heteroatoms. The summed E-state index contributed by atoms with van der Waals surface area (Å²) in [5, 5.41) is 11.1. The molecule has 0 aromatic rings. The van der Waals surface area contributed by atoms with E-state index in [-0.39, 0.29) is 31.4 Å². The van der Waals surface area contributed by atoms with Crippen molar-refractivity contribution in [2.45, 2.75) is 0 Å². The molecule has 1 aliphatic heterocycles. The van der Waals surface area contributed by atoms with Gasteiger partial charge in [-0.25, -0.2) is 0 Å². The Morgan fingerprint density at radius 3 is 2.44 bits per heavy atom. The van der Waals surface area contributed by atoms with Gasteiger partial charge in [0.05, 0.1) is 19.6 Å². The molecule has 1 heterocycles. The minimum Gasteiger partial charge on any atom is -0.480 e. The Labute approximate surface area is 93.0 Å². The fraction of sp³-hybridized carbons (Fsp3) is 0.667. The van der Waals surface area contributed by atoms with Crippen LogP contribution < -0.4 is 5.32 Å². The Bertz CT molecular complexity index is 287. The molecule has 2 amide bonds. The number of carbonyl (C=O) groups excluding carboxylic acids is 2. The Hall–Kier alpha value is -1.47. The summed E-state index contributed by atoms with van der Waals surface area (Å²) in [6.07, 6.45) is 0. The highest BCUT2D eigenvalue weighted by molar-refractivity contribution is 5.99. The summed E-state index contributed by atoms with van der Waals surface area (Å²) in [5.74, 6) is -1.38. The number of nitrogens with one attached hydrogen (secondary N) is 1. The van der Waals surface area contributed by atoms with E-state index in [0.29, 0.717) is 13.1 Å². The molecule has 16 heavy (non-hydrogen) atoms. The van der Waals surface area contributed by atoms with Crippen LogP contribution in [0.25, 0.3) is 0 Å². The van der Waals surface area contributed by atoms with E-state index in [1.807, 2.05) is 0 Å². The number of carboxylic acid groups (broad SMARTS) is 1. The van der Waals surface area contributed by atoms with Crippen LogP contribution in [-0.2, 0) is 14.4 Å². The maximum absolute atomic E-state index is 11.3. The third-order valence-corrected chi connectivity index (χ3v) is 2.35. The lowest BCUT2D eigenvalue weighted by molar-refractivity contribution is -0.149. The molecule has 1 aliphatic rings. The molecule has 1 rings (SSSR count). The third-order valence-electron chi connectivity index (χ3n) is 2.35. The van der Waals surface area contributed by atoms with Crippen molar-refractivity contribution in [3.05, 3.63) is 0 Å². The normalized spacial score (nSPS) is 17.9. The number of carbonyl (C=O) groups is 3. The second kappa shape index (κ2) is 5.57. The van der Waals surface area contributed by atoms with Crippen molar-refractivity contribution in [2.75, 3.05) is 39.8 Å². The minimum absolute atomic E-state index is 0.115. The van der Waals surface area contributed by atoms with Crippen LogP contribution in [0.3, 0.4) is 0 Å². The number of hydrogen-bond acceptors (Lipinski definition) is 5. The zero-order valence-corrected chi connectivity index (χ0v) is 9.10. The topological polar surface area (TPSA) is 90.0 Å². The average molecular weight is 229 g/mol. The fourth-order valence-electron chi connectivity index (χ4n) is 1.38. The molecule has 2 N–H and O–H groups in total. The summed E-state index contributed by atoms with van der Waals surface area (Å²) in [7, 11) is 1.46. The van der Waals surface area contributed by atoms with Crippen LogP contribution >= 0.6 is 0 Å². The van der Waals surface area contributed by atoms with E-state index in [1.165, 1.54) is 7.05 Å². The quantitative estimate of drug-likeness (QED) is 0.417. The van der Waals surface area contributed by atoms with Gasteiger partial charge in [-0.3, -0.25) is 24.2 Å². The maximum Gasteiger partial charge on any atom is 0.317 e. The lowest BCUT2D eigenvalue weighted by Gasteiger charge is -2.30. The van der Waals surface area contributed by atoms with Crippen molar-refractivity contribution in [1.82, 2.24) is 15.1 Å². The largest absolute Gasteiger partial charge is 0.480 e. The first-order valence-electron chi connectivity index (χ1n) is 4.95. The molecular formula is C9H15N3O4.